The third kappa shape index (κ3) is 4.40. The smallest absolute Gasteiger partial charge is 0.255 e. The van der Waals surface area contributed by atoms with Crippen LogP contribution in [0.5, 0.6) is 0 Å². The van der Waals surface area contributed by atoms with E-state index in [-0.39, 0.29) is 11.7 Å². The fraction of sp³-hybridized carbons (Fsp3) is 0.125. The number of thioether (sulfide) groups is 1. The number of allylic oxidation sites excluding steroid dienone is 1. The molecule has 170 valence electrons. The summed E-state index contributed by atoms with van der Waals surface area (Å²) in [6, 6.07) is 13.3. The zero-order valence-electron chi connectivity index (χ0n) is 18.1. The van der Waals surface area contributed by atoms with Crippen molar-refractivity contribution in [1.29, 1.82) is 0 Å². The van der Waals surface area contributed by atoms with E-state index >= 15 is 0 Å². The highest BCUT2D eigenvalue weighted by Gasteiger charge is 2.34. The predicted octanol–water partition coefficient (Wildman–Crippen LogP) is 4.43. The number of nitrogens with zero attached hydrogens (tertiary/aromatic N) is 5. The van der Waals surface area contributed by atoms with Crippen LogP contribution in [0.15, 0.2) is 89.7 Å². The molecule has 3 aromatic heterocycles. The minimum atomic E-state index is -0.522. The van der Waals surface area contributed by atoms with Crippen LogP contribution in [0.2, 0.25) is 0 Å². The first-order valence-corrected chi connectivity index (χ1v) is 11.5. The molecule has 4 heterocycles. The molecule has 4 aromatic rings. The van der Waals surface area contributed by atoms with Gasteiger partial charge in [0.2, 0.25) is 11.1 Å². The molecule has 8 nitrogen and oxygen atoms in total. The van der Waals surface area contributed by atoms with Crippen LogP contribution in [-0.4, -0.2) is 30.6 Å². The number of rotatable bonds is 6. The maximum absolute atomic E-state index is 14.0. The second-order valence-corrected chi connectivity index (χ2v) is 8.53. The molecule has 0 saturated carbocycles. The van der Waals surface area contributed by atoms with Crippen LogP contribution < -0.4 is 10.6 Å². The summed E-state index contributed by atoms with van der Waals surface area (Å²) in [4.78, 5) is 26.1. The maximum Gasteiger partial charge on any atom is 0.255 e. The first-order chi connectivity index (χ1) is 16.6. The van der Waals surface area contributed by atoms with E-state index in [1.807, 2.05) is 19.1 Å². The van der Waals surface area contributed by atoms with Crippen LogP contribution in [0.25, 0.3) is 0 Å². The molecule has 1 aliphatic rings. The zero-order chi connectivity index (χ0) is 23.5. The molecule has 0 fully saturated rings. The summed E-state index contributed by atoms with van der Waals surface area (Å²) in [5, 5.41) is 11.2. The molecular weight excluding hydrogens is 453 g/mol. The molecule has 1 amide bonds. The van der Waals surface area contributed by atoms with Gasteiger partial charge >= 0.3 is 0 Å². The standard InChI is InChI=1S/C24H20FN7OS/c1-15-20(22(33)29-18-6-4-10-27-13-18)21(16-8-11-26-12-9-16)32-23(28-15)30-24(31-32)34-14-17-5-2-3-7-19(17)25/h2-13,21H,14H2,1H3,(H,29,33)(H,28,30,31)/t21-/m0/s1. The highest BCUT2D eigenvalue weighted by molar-refractivity contribution is 7.98. The van der Waals surface area contributed by atoms with E-state index in [1.54, 1.807) is 59.8 Å². The summed E-state index contributed by atoms with van der Waals surface area (Å²) in [6.45, 7) is 1.83. The summed E-state index contributed by atoms with van der Waals surface area (Å²) >= 11 is 1.33. The highest BCUT2D eigenvalue weighted by atomic mass is 32.2. The lowest BCUT2D eigenvalue weighted by molar-refractivity contribution is -0.113. The van der Waals surface area contributed by atoms with Gasteiger partial charge in [0.1, 0.15) is 11.9 Å². The molecule has 0 radical (unpaired) electrons. The Morgan fingerprint density at radius 2 is 1.94 bits per heavy atom. The topological polar surface area (TPSA) is 97.6 Å². The number of hydrogen-bond donors (Lipinski definition) is 2. The number of nitrogens with one attached hydrogen (secondary N) is 2. The van der Waals surface area contributed by atoms with Crippen LogP contribution in [0.3, 0.4) is 0 Å². The summed E-state index contributed by atoms with van der Waals surface area (Å²) in [6.07, 6.45) is 6.58. The van der Waals surface area contributed by atoms with E-state index in [2.05, 4.69) is 30.7 Å². The number of amides is 1. The summed E-state index contributed by atoms with van der Waals surface area (Å²) in [5.74, 6) is 0.352. The van der Waals surface area contributed by atoms with Crippen molar-refractivity contribution in [1.82, 2.24) is 24.7 Å². The molecular formula is C24H20FN7OS. The van der Waals surface area contributed by atoms with Gasteiger partial charge in [0.15, 0.2) is 0 Å². The molecule has 1 atom stereocenters. The van der Waals surface area contributed by atoms with Crippen molar-refractivity contribution in [3.8, 4) is 0 Å². The second-order valence-electron chi connectivity index (χ2n) is 7.59. The molecule has 1 aliphatic heterocycles. The first-order valence-electron chi connectivity index (χ1n) is 10.5. The van der Waals surface area contributed by atoms with E-state index in [1.165, 1.54) is 17.8 Å². The molecule has 0 bridgehead atoms. The van der Waals surface area contributed by atoms with Crippen LogP contribution in [-0.2, 0) is 10.5 Å². The summed E-state index contributed by atoms with van der Waals surface area (Å²) in [5.41, 5.74) is 3.16. The quantitative estimate of drug-likeness (QED) is 0.400. The van der Waals surface area contributed by atoms with Crippen LogP contribution >= 0.6 is 11.8 Å². The number of benzene rings is 1. The van der Waals surface area contributed by atoms with Crippen molar-refractivity contribution < 1.29 is 9.18 Å². The van der Waals surface area contributed by atoms with Crippen molar-refractivity contribution in [2.75, 3.05) is 10.6 Å². The lowest BCUT2D eigenvalue weighted by Gasteiger charge is -2.28. The lowest BCUT2D eigenvalue weighted by atomic mass is 9.96. The number of pyridine rings is 2. The molecule has 10 heteroatoms. The number of carbonyl (C=O) groups excluding carboxylic acids is 1. The van der Waals surface area contributed by atoms with Crippen molar-refractivity contribution in [2.24, 2.45) is 0 Å². The monoisotopic (exact) mass is 473 g/mol. The van der Waals surface area contributed by atoms with Gasteiger partial charge in [-0.15, -0.1) is 5.10 Å². The van der Waals surface area contributed by atoms with E-state index in [4.69, 9.17) is 0 Å². The Morgan fingerprint density at radius 3 is 2.71 bits per heavy atom. The first kappa shape index (κ1) is 21.8. The van der Waals surface area contributed by atoms with Gasteiger partial charge in [0.05, 0.1) is 17.5 Å². The van der Waals surface area contributed by atoms with Crippen LogP contribution in [0.4, 0.5) is 16.0 Å². The third-order valence-corrected chi connectivity index (χ3v) is 6.22. The number of aromatic nitrogens is 5. The zero-order valence-corrected chi connectivity index (χ0v) is 19.0. The van der Waals surface area contributed by atoms with E-state index in [0.717, 1.165) is 5.56 Å². The minimum Gasteiger partial charge on any atom is -0.328 e. The molecule has 34 heavy (non-hydrogen) atoms. The fourth-order valence-corrected chi connectivity index (χ4v) is 4.55. The number of halogens is 1. The van der Waals surface area contributed by atoms with Crippen molar-refractivity contribution in [3.05, 3.63) is 102 Å². The molecule has 2 N–H and O–H groups in total. The van der Waals surface area contributed by atoms with Gasteiger partial charge in [-0.3, -0.25) is 14.8 Å². The van der Waals surface area contributed by atoms with Gasteiger partial charge in [-0.25, -0.2) is 9.07 Å². The Bertz CT molecular complexity index is 1360. The summed E-state index contributed by atoms with van der Waals surface area (Å²) in [7, 11) is 0. The van der Waals surface area contributed by atoms with Crippen molar-refractivity contribution >= 4 is 29.3 Å². The molecule has 0 unspecified atom stereocenters. The molecule has 1 aromatic carbocycles. The molecule has 0 spiro atoms. The second kappa shape index (κ2) is 9.44. The fourth-order valence-electron chi connectivity index (χ4n) is 3.73. The Kier molecular flexibility index (Phi) is 6.05. The average molecular weight is 474 g/mol. The van der Waals surface area contributed by atoms with Gasteiger partial charge in [0, 0.05) is 30.0 Å². The predicted molar refractivity (Wildman–Crippen MR) is 128 cm³/mol. The Hall–Kier alpha value is -4.05. The molecule has 0 saturated heterocycles. The minimum absolute atomic E-state index is 0.265. The third-order valence-electron chi connectivity index (χ3n) is 5.33. The van der Waals surface area contributed by atoms with Gasteiger partial charge in [0.25, 0.3) is 5.91 Å². The lowest BCUT2D eigenvalue weighted by Crippen LogP contribution is -2.31. The largest absolute Gasteiger partial charge is 0.328 e. The van der Waals surface area contributed by atoms with E-state index < -0.39 is 6.04 Å². The maximum atomic E-state index is 14.0. The van der Waals surface area contributed by atoms with Crippen molar-refractivity contribution in [2.45, 2.75) is 23.9 Å². The normalized spacial score (nSPS) is 14.9. The van der Waals surface area contributed by atoms with Crippen LogP contribution in [0, 0.1) is 5.82 Å². The van der Waals surface area contributed by atoms with Gasteiger partial charge < -0.3 is 10.6 Å². The van der Waals surface area contributed by atoms with Gasteiger partial charge in [-0.2, -0.15) is 4.98 Å². The molecule has 0 aliphatic carbocycles. The van der Waals surface area contributed by atoms with E-state index in [0.29, 0.717) is 39.4 Å². The Morgan fingerprint density at radius 1 is 1.12 bits per heavy atom. The van der Waals surface area contributed by atoms with Crippen LogP contribution in [0.1, 0.15) is 24.1 Å². The Labute approximate surface area is 199 Å². The number of fused-ring (bicyclic) bond motifs is 1. The van der Waals surface area contributed by atoms with Gasteiger partial charge in [-0.1, -0.05) is 30.0 Å². The molecule has 5 rings (SSSR count). The Balaban J connectivity index is 1.48. The highest BCUT2D eigenvalue weighted by Crippen LogP contribution is 2.36. The van der Waals surface area contributed by atoms with Crippen molar-refractivity contribution in [3.63, 3.8) is 0 Å². The number of hydrogen-bond acceptors (Lipinski definition) is 7. The SMILES string of the molecule is CC1=C(C(=O)Nc2cccnc2)[C@H](c2ccncc2)n2nc(SCc3ccccc3F)nc2N1. The summed E-state index contributed by atoms with van der Waals surface area (Å²) < 4.78 is 15.7. The average Bonchev–Trinajstić information content (AvgIpc) is 3.26. The number of anilines is 2. The van der Waals surface area contributed by atoms with E-state index in [9.17, 15) is 9.18 Å². The van der Waals surface area contributed by atoms with Gasteiger partial charge in [-0.05, 0) is 48.4 Å². The number of carbonyl (C=O) groups is 1.